The van der Waals surface area contributed by atoms with E-state index in [0.717, 1.165) is 68.1 Å². The number of carbonyl (C=O) groups is 1. The Morgan fingerprint density at radius 2 is 1.80 bits per heavy atom. The average Bonchev–Trinajstić information content (AvgIpc) is 3.69. The minimum absolute atomic E-state index is 0.0780. The Hall–Kier alpha value is -2.70. The van der Waals surface area contributed by atoms with Gasteiger partial charge < -0.3 is 4.90 Å². The van der Waals surface area contributed by atoms with Gasteiger partial charge in [-0.15, -0.1) is 0 Å². The van der Waals surface area contributed by atoms with E-state index in [1.807, 2.05) is 32.2 Å². The monoisotopic (exact) mass is 491 g/mol. The number of aryl methyl sites for hydroxylation is 2. The molecule has 0 radical (unpaired) electrons. The van der Waals surface area contributed by atoms with Crippen LogP contribution in [0.25, 0.3) is 0 Å². The molecule has 35 heavy (non-hydrogen) atoms. The zero-order valence-corrected chi connectivity index (χ0v) is 21.4. The van der Waals surface area contributed by atoms with Crippen molar-refractivity contribution < 1.29 is 4.79 Å². The fraction of sp³-hybridized carbons (Fsp3) is 0.464. The van der Waals surface area contributed by atoms with Gasteiger partial charge in [-0.25, -0.2) is 0 Å². The molecule has 1 atom stereocenters. The predicted molar refractivity (Wildman–Crippen MR) is 138 cm³/mol. The molecule has 0 N–H and O–H groups in total. The molecule has 2 aliphatic rings. The molecule has 7 heteroatoms. The first kappa shape index (κ1) is 24.0. The lowest BCUT2D eigenvalue weighted by Crippen LogP contribution is -2.50. The topological polar surface area (TPSA) is 54.3 Å². The van der Waals surface area contributed by atoms with Crippen molar-refractivity contribution in [3.63, 3.8) is 0 Å². The van der Waals surface area contributed by atoms with E-state index < -0.39 is 0 Å². The molecule has 5 rings (SSSR count). The van der Waals surface area contributed by atoms with Crippen molar-refractivity contribution in [3.8, 4) is 0 Å². The number of amides is 1. The fourth-order valence-corrected chi connectivity index (χ4v) is 5.72. The quantitative estimate of drug-likeness (QED) is 0.449. The molecule has 1 aliphatic heterocycles. The number of benzene rings is 1. The summed E-state index contributed by atoms with van der Waals surface area (Å²) in [6.45, 7) is 4.85. The normalized spacial score (nSPS) is 17.9. The van der Waals surface area contributed by atoms with E-state index in [1.165, 1.54) is 5.56 Å². The number of halogens is 1. The van der Waals surface area contributed by atoms with Gasteiger partial charge in [0.1, 0.15) is 10.8 Å². The van der Waals surface area contributed by atoms with Crippen LogP contribution in [0.2, 0.25) is 5.15 Å². The molecular formula is C28H34ClN5O. The third-order valence-electron chi connectivity index (χ3n) is 7.53. The molecule has 0 unspecified atom stereocenters. The Labute approximate surface area is 212 Å². The molecule has 0 bridgehead atoms. The maximum atomic E-state index is 13.7. The molecule has 1 aromatic carbocycles. The summed E-state index contributed by atoms with van der Waals surface area (Å²) in [5.41, 5.74) is 3.97. The van der Waals surface area contributed by atoms with Crippen molar-refractivity contribution in [3.05, 3.63) is 82.4 Å². The second-order valence-corrected chi connectivity index (χ2v) is 10.4. The summed E-state index contributed by atoms with van der Waals surface area (Å²) in [5, 5.41) is 5.20. The summed E-state index contributed by atoms with van der Waals surface area (Å²) in [7, 11) is 1.89. The van der Waals surface area contributed by atoms with Crippen LogP contribution >= 0.6 is 11.6 Å². The van der Waals surface area contributed by atoms with E-state index in [4.69, 9.17) is 11.6 Å². The zero-order chi connectivity index (χ0) is 24.4. The van der Waals surface area contributed by atoms with Gasteiger partial charge in [-0.1, -0.05) is 48.0 Å². The van der Waals surface area contributed by atoms with E-state index in [2.05, 4.69) is 50.2 Å². The van der Waals surface area contributed by atoms with Crippen LogP contribution in [0.5, 0.6) is 0 Å². The minimum Gasteiger partial charge on any atom is -0.331 e. The van der Waals surface area contributed by atoms with E-state index in [1.54, 1.807) is 10.9 Å². The van der Waals surface area contributed by atoms with E-state index in [-0.39, 0.29) is 11.9 Å². The first-order valence-electron chi connectivity index (χ1n) is 12.7. The molecule has 0 spiro atoms. The Morgan fingerprint density at radius 1 is 1.09 bits per heavy atom. The third kappa shape index (κ3) is 5.44. The lowest BCUT2D eigenvalue weighted by molar-refractivity contribution is 0.0477. The average molecular weight is 492 g/mol. The maximum Gasteiger partial charge on any atom is 0.272 e. The first-order valence-corrected chi connectivity index (χ1v) is 13.1. The number of piperidine rings is 1. The summed E-state index contributed by atoms with van der Waals surface area (Å²) in [5.74, 6) is 0.527. The molecule has 1 saturated carbocycles. The summed E-state index contributed by atoms with van der Waals surface area (Å²) >= 11 is 6.50. The van der Waals surface area contributed by atoms with Crippen LogP contribution in [0.15, 0.2) is 54.7 Å². The minimum atomic E-state index is 0.0780. The van der Waals surface area contributed by atoms with Crippen LogP contribution in [0.1, 0.15) is 53.0 Å². The van der Waals surface area contributed by atoms with Gasteiger partial charge in [0.25, 0.3) is 5.91 Å². The number of hydrogen-bond acceptors (Lipinski definition) is 4. The molecule has 3 aromatic rings. The summed E-state index contributed by atoms with van der Waals surface area (Å²) in [6, 6.07) is 16.7. The zero-order valence-electron chi connectivity index (χ0n) is 20.6. The Morgan fingerprint density at radius 3 is 2.40 bits per heavy atom. The van der Waals surface area contributed by atoms with Crippen molar-refractivity contribution in [2.45, 2.75) is 57.7 Å². The second kappa shape index (κ2) is 10.5. The number of nitrogens with zero attached hydrogens (tertiary/aromatic N) is 5. The molecule has 6 nitrogen and oxygen atoms in total. The molecule has 184 valence electrons. The highest BCUT2D eigenvalue weighted by Crippen LogP contribution is 2.36. The van der Waals surface area contributed by atoms with Crippen molar-refractivity contribution >= 4 is 17.5 Å². The van der Waals surface area contributed by atoms with Crippen molar-refractivity contribution in [1.29, 1.82) is 0 Å². The van der Waals surface area contributed by atoms with Crippen molar-refractivity contribution in [1.82, 2.24) is 24.6 Å². The Bertz CT molecular complexity index is 1140. The maximum absolute atomic E-state index is 13.7. The molecule has 3 heterocycles. The number of likely N-dealkylation sites (tertiary alicyclic amines) is 1. The van der Waals surface area contributed by atoms with Gasteiger partial charge in [-0.3, -0.25) is 19.4 Å². The van der Waals surface area contributed by atoms with Crippen molar-refractivity contribution in [2.24, 2.45) is 13.0 Å². The first-order chi connectivity index (χ1) is 17.0. The van der Waals surface area contributed by atoms with Crippen LogP contribution in [-0.4, -0.2) is 55.6 Å². The molecule has 2 aromatic heterocycles. The SMILES string of the molecule is Cc1nn(C)c(Cl)c1CN1CCC([C@H](Cc2ccccc2)N(C(=O)c2ccccn2)C2CC2)CC1. The number of aromatic nitrogens is 3. The van der Waals surface area contributed by atoms with E-state index >= 15 is 0 Å². The van der Waals surface area contributed by atoms with E-state index in [0.29, 0.717) is 17.7 Å². The van der Waals surface area contributed by atoms with Gasteiger partial charge in [-0.2, -0.15) is 5.10 Å². The highest BCUT2D eigenvalue weighted by Gasteiger charge is 2.42. The van der Waals surface area contributed by atoms with Gasteiger partial charge in [0.2, 0.25) is 0 Å². The number of rotatable bonds is 8. The fourth-order valence-electron chi connectivity index (χ4n) is 5.48. The number of hydrogen-bond donors (Lipinski definition) is 0. The van der Waals surface area contributed by atoms with Gasteiger partial charge in [-0.05, 0) is 75.7 Å². The molecule has 1 amide bonds. The second-order valence-electron chi connectivity index (χ2n) is 10.0. The van der Waals surface area contributed by atoms with Crippen LogP contribution in [-0.2, 0) is 20.0 Å². The van der Waals surface area contributed by atoms with E-state index in [9.17, 15) is 4.79 Å². The van der Waals surface area contributed by atoms with Gasteiger partial charge in [0, 0.05) is 37.4 Å². The Balaban J connectivity index is 1.35. The predicted octanol–water partition coefficient (Wildman–Crippen LogP) is 4.91. The van der Waals surface area contributed by atoms with Crippen molar-refractivity contribution in [2.75, 3.05) is 13.1 Å². The Kier molecular flexibility index (Phi) is 7.21. The van der Waals surface area contributed by atoms with Gasteiger partial charge in [0.05, 0.1) is 5.69 Å². The van der Waals surface area contributed by atoms with Crippen LogP contribution in [0.3, 0.4) is 0 Å². The van der Waals surface area contributed by atoms with Gasteiger partial charge in [0.15, 0.2) is 0 Å². The molecule has 1 saturated heterocycles. The largest absolute Gasteiger partial charge is 0.331 e. The molecular weight excluding hydrogens is 458 g/mol. The lowest BCUT2D eigenvalue weighted by atomic mass is 9.84. The smallest absolute Gasteiger partial charge is 0.272 e. The lowest BCUT2D eigenvalue weighted by Gasteiger charge is -2.41. The van der Waals surface area contributed by atoms with Crippen LogP contribution in [0, 0.1) is 12.8 Å². The highest BCUT2D eigenvalue weighted by molar-refractivity contribution is 6.30. The summed E-state index contributed by atoms with van der Waals surface area (Å²) < 4.78 is 1.76. The van der Waals surface area contributed by atoms with Crippen LogP contribution < -0.4 is 0 Å². The van der Waals surface area contributed by atoms with Crippen LogP contribution in [0.4, 0.5) is 0 Å². The van der Waals surface area contributed by atoms with Gasteiger partial charge >= 0.3 is 0 Å². The standard InChI is InChI=1S/C28H34ClN5O/c1-20-24(27(29)32(2)31-20)19-33-16-13-22(14-17-33)26(18-21-8-4-3-5-9-21)34(23-11-12-23)28(35)25-10-6-7-15-30-25/h3-10,15,22-23,26H,11-14,16-19H2,1-2H3/t26-/m0/s1. The highest BCUT2D eigenvalue weighted by atomic mass is 35.5. The number of pyridine rings is 1. The molecule has 1 aliphatic carbocycles. The summed E-state index contributed by atoms with van der Waals surface area (Å²) in [6.07, 6.45) is 6.89. The third-order valence-corrected chi connectivity index (χ3v) is 8.00. The molecule has 2 fully saturated rings. The number of carbonyl (C=O) groups excluding carboxylic acids is 1. The summed E-state index contributed by atoms with van der Waals surface area (Å²) in [4.78, 5) is 22.8.